The van der Waals surface area contributed by atoms with Gasteiger partial charge in [-0.3, -0.25) is 9.59 Å². The third kappa shape index (κ3) is 5.01. The van der Waals surface area contributed by atoms with Gasteiger partial charge in [-0.1, -0.05) is 0 Å². The lowest BCUT2D eigenvalue weighted by Crippen LogP contribution is -2.17. The predicted molar refractivity (Wildman–Crippen MR) is 104 cm³/mol. The van der Waals surface area contributed by atoms with Gasteiger partial charge in [0.1, 0.15) is 11.6 Å². The minimum Gasteiger partial charge on any atom is -0.508 e. The van der Waals surface area contributed by atoms with Crippen molar-refractivity contribution in [1.29, 1.82) is 0 Å². The number of hydrogen-bond acceptors (Lipinski definition) is 4. The van der Waals surface area contributed by atoms with Crippen LogP contribution in [0.15, 0.2) is 77.9 Å². The highest BCUT2D eigenvalue weighted by Crippen LogP contribution is 2.12. The molecule has 3 aromatic rings. The maximum atomic E-state index is 12.9. The van der Waals surface area contributed by atoms with E-state index in [1.54, 1.807) is 36.4 Å². The lowest BCUT2D eigenvalue weighted by Gasteiger charge is -2.06. The van der Waals surface area contributed by atoms with Gasteiger partial charge in [0.15, 0.2) is 0 Å². The number of nitrogens with zero attached hydrogens (tertiary/aromatic N) is 1. The molecule has 28 heavy (non-hydrogen) atoms. The van der Waals surface area contributed by atoms with Crippen molar-refractivity contribution >= 4 is 23.7 Å². The van der Waals surface area contributed by atoms with E-state index in [1.165, 1.54) is 42.6 Å². The van der Waals surface area contributed by atoms with Crippen LogP contribution in [0.2, 0.25) is 0 Å². The number of benzene rings is 3. The van der Waals surface area contributed by atoms with Crippen LogP contribution in [0.4, 0.5) is 10.1 Å². The first-order chi connectivity index (χ1) is 13.5. The summed E-state index contributed by atoms with van der Waals surface area (Å²) < 4.78 is 12.9. The molecule has 0 saturated heterocycles. The fourth-order valence-corrected chi connectivity index (χ4v) is 2.30. The van der Waals surface area contributed by atoms with Crippen LogP contribution < -0.4 is 10.7 Å². The average Bonchev–Trinajstić information content (AvgIpc) is 2.70. The topological polar surface area (TPSA) is 90.8 Å². The van der Waals surface area contributed by atoms with Gasteiger partial charge in [0.25, 0.3) is 11.8 Å². The maximum absolute atomic E-state index is 12.9. The van der Waals surface area contributed by atoms with Crippen molar-refractivity contribution in [3.05, 3.63) is 95.3 Å². The number of rotatable bonds is 5. The van der Waals surface area contributed by atoms with Crippen molar-refractivity contribution in [1.82, 2.24) is 5.43 Å². The molecule has 0 saturated carbocycles. The number of amides is 2. The van der Waals surface area contributed by atoms with Crippen LogP contribution in [-0.4, -0.2) is 23.1 Å². The molecule has 3 aromatic carbocycles. The number of hydrogen-bond donors (Lipinski definition) is 3. The van der Waals surface area contributed by atoms with Gasteiger partial charge in [-0.2, -0.15) is 5.10 Å². The van der Waals surface area contributed by atoms with E-state index in [1.807, 2.05) is 0 Å². The van der Waals surface area contributed by atoms with Crippen LogP contribution in [0.1, 0.15) is 26.3 Å². The third-order valence-corrected chi connectivity index (χ3v) is 3.78. The molecule has 0 bridgehead atoms. The zero-order chi connectivity index (χ0) is 19.9. The standard InChI is InChI=1S/C21H16FN3O3/c22-17-7-3-15(4-8-17)20(27)24-18-9-5-16(6-10-18)21(28)25-23-13-14-1-11-19(26)12-2-14/h1-13,26H,(H,24,27)(H,25,28)/b23-13-. The zero-order valence-corrected chi connectivity index (χ0v) is 14.6. The van der Waals surface area contributed by atoms with Crippen molar-refractivity contribution in [2.75, 3.05) is 5.32 Å². The summed E-state index contributed by atoms with van der Waals surface area (Å²) in [5.74, 6) is -1.06. The molecule has 0 radical (unpaired) electrons. The Bertz CT molecular complexity index is 999. The van der Waals surface area contributed by atoms with Crippen LogP contribution in [-0.2, 0) is 0 Å². The van der Waals surface area contributed by atoms with Gasteiger partial charge >= 0.3 is 0 Å². The fourth-order valence-electron chi connectivity index (χ4n) is 2.30. The monoisotopic (exact) mass is 377 g/mol. The lowest BCUT2D eigenvalue weighted by atomic mass is 10.1. The second-order valence-corrected chi connectivity index (χ2v) is 5.83. The summed E-state index contributed by atoms with van der Waals surface area (Å²) in [6.07, 6.45) is 1.45. The Kier molecular flexibility index (Phi) is 5.76. The van der Waals surface area contributed by atoms with Gasteiger partial charge in [0, 0.05) is 16.8 Å². The number of phenols is 1. The Morgan fingerprint density at radius 3 is 2.04 bits per heavy atom. The minimum absolute atomic E-state index is 0.146. The molecule has 7 heteroatoms. The summed E-state index contributed by atoms with van der Waals surface area (Å²) in [6.45, 7) is 0. The van der Waals surface area contributed by atoms with Crippen LogP contribution in [0.25, 0.3) is 0 Å². The van der Waals surface area contributed by atoms with E-state index in [0.717, 1.165) is 5.56 Å². The molecule has 0 atom stereocenters. The second-order valence-electron chi connectivity index (χ2n) is 5.83. The highest BCUT2D eigenvalue weighted by atomic mass is 19.1. The van der Waals surface area contributed by atoms with Gasteiger partial charge in [-0.15, -0.1) is 0 Å². The number of aromatic hydroxyl groups is 1. The maximum Gasteiger partial charge on any atom is 0.271 e. The SMILES string of the molecule is O=C(N/N=C\c1ccc(O)cc1)c1ccc(NC(=O)c2ccc(F)cc2)cc1. The quantitative estimate of drug-likeness (QED) is 0.469. The Labute approximate surface area is 160 Å². The van der Waals surface area contributed by atoms with E-state index < -0.39 is 11.7 Å². The third-order valence-electron chi connectivity index (χ3n) is 3.78. The molecule has 0 heterocycles. The Hall–Kier alpha value is -4.00. The Balaban J connectivity index is 1.57. The first-order valence-corrected chi connectivity index (χ1v) is 8.31. The molecule has 0 aliphatic heterocycles. The molecule has 140 valence electrons. The van der Waals surface area contributed by atoms with E-state index in [9.17, 15) is 19.1 Å². The largest absolute Gasteiger partial charge is 0.508 e. The molecule has 0 aromatic heterocycles. The molecule has 3 rings (SSSR count). The van der Waals surface area contributed by atoms with Crippen LogP contribution in [0.3, 0.4) is 0 Å². The highest BCUT2D eigenvalue weighted by Gasteiger charge is 2.08. The number of nitrogens with one attached hydrogen (secondary N) is 2. The van der Waals surface area contributed by atoms with Crippen LogP contribution in [0, 0.1) is 5.82 Å². The number of carbonyl (C=O) groups is 2. The van der Waals surface area contributed by atoms with E-state index in [0.29, 0.717) is 16.8 Å². The number of hydrazone groups is 1. The summed E-state index contributed by atoms with van der Waals surface area (Å²) in [7, 11) is 0. The number of anilines is 1. The smallest absolute Gasteiger partial charge is 0.271 e. The molecule has 0 spiro atoms. The predicted octanol–water partition coefficient (Wildman–Crippen LogP) is 3.55. The molecule has 0 unspecified atom stereocenters. The molecule has 3 N–H and O–H groups in total. The van der Waals surface area contributed by atoms with Gasteiger partial charge in [-0.05, 0) is 78.4 Å². The second kappa shape index (κ2) is 8.59. The van der Waals surface area contributed by atoms with Crippen molar-refractivity contribution in [2.24, 2.45) is 5.10 Å². The molecule has 0 aliphatic rings. The summed E-state index contributed by atoms with van der Waals surface area (Å²) in [6, 6.07) is 17.8. The summed E-state index contributed by atoms with van der Waals surface area (Å²) in [5, 5.41) is 15.7. The highest BCUT2D eigenvalue weighted by molar-refractivity contribution is 6.04. The van der Waals surface area contributed by atoms with Gasteiger partial charge in [0.2, 0.25) is 0 Å². The van der Waals surface area contributed by atoms with Crippen molar-refractivity contribution in [3.8, 4) is 5.75 Å². The Morgan fingerprint density at radius 2 is 1.39 bits per heavy atom. The lowest BCUT2D eigenvalue weighted by molar-refractivity contribution is 0.0954. The van der Waals surface area contributed by atoms with Crippen LogP contribution >= 0.6 is 0 Å². The molecular formula is C21H16FN3O3. The van der Waals surface area contributed by atoms with Gasteiger partial charge < -0.3 is 10.4 Å². The molecular weight excluding hydrogens is 361 g/mol. The van der Waals surface area contributed by atoms with Crippen molar-refractivity contribution in [3.63, 3.8) is 0 Å². The van der Waals surface area contributed by atoms with E-state index in [2.05, 4.69) is 15.8 Å². The average molecular weight is 377 g/mol. The summed E-state index contributed by atoms with van der Waals surface area (Å²) in [4.78, 5) is 24.2. The minimum atomic E-state index is -0.417. The van der Waals surface area contributed by atoms with Crippen molar-refractivity contribution < 1.29 is 19.1 Å². The first-order valence-electron chi connectivity index (χ1n) is 8.31. The van der Waals surface area contributed by atoms with Gasteiger partial charge in [-0.25, -0.2) is 9.82 Å². The normalized spacial score (nSPS) is 10.6. The van der Waals surface area contributed by atoms with Gasteiger partial charge in [0.05, 0.1) is 6.21 Å². The van der Waals surface area contributed by atoms with Crippen LogP contribution in [0.5, 0.6) is 5.75 Å². The molecule has 6 nitrogen and oxygen atoms in total. The molecule has 0 fully saturated rings. The summed E-state index contributed by atoms with van der Waals surface area (Å²) >= 11 is 0. The number of phenolic OH excluding ortho intramolecular Hbond substituents is 1. The zero-order valence-electron chi connectivity index (χ0n) is 14.6. The Morgan fingerprint density at radius 1 is 0.821 bits per heavy atom. The van der Waals surface area contributed by atoms with E-state index >= 15 is 0 Å². The number of carbonyl (C=O) groups excluding carboxylic acids is 2. The first kappa shape index (κ1) is 18.8. The molecule has 0 aliphatic carbocycles. The van der Waals surface area contributed by atoms with E-state index in [-0.39, 0.29) is 11.7 Å². The summed E-state index contributed by atoms with van der Waals surface area (Å²) in [5.41, 5.74) is 4.31. The van der Waals surface area contributed by atoms with E-state index in [4.69, 9.17) is 0 Å². The molecule has 2 amide bonds. The number of halogens is 1. The van der Waals surface area contributed by atoms with Crippen molar-refractivity contribution in [2.45, 2.75) is 0 Å². The fraction of sp³-hybridized carbons (Fsp3) is 0.